The fourth-order valence-corrected chi connectivity index (χ4v) is 4.02. The van der Waals surface area contributed by atoms with Crippen molar-refractivity contribution in [3.63, 3.8) is 0 Å². The van der Waals surface area contributed by atoms with E-state index in [9.17, 15) is 18.0 Å². The molecule has 1 aliphatic heterocycles. The van der Waals surface area contributed by atoms with Gasteiger partial charge in [-0.25, -0.2) is 8.42 Å². The number of hydrogen-bond acceptors (Lipinski definition) is 4. The topological polar surface area (TPSA) is 91.7 Å². The summed E-state index contributed by atoms with van der Waals surface area (Å²) < 4.78 is 23.9. The summed E-state index contributed by atoms with van der Waals surface area (Å²) in [4.78, 5) is 24.2. The van der Waals surface area contributed by atoms with Gasteiger partial charge in [-0.1, -0.05) is 13.8 Å². The van der Waals surface area contributed by atoms with E-state index in [1.807, 2.05) is 0 Å². The zero-order valence-corrected chi connectivity index (χ0v) is 11.4. The maximum Gasteiger partial charge on any atom is 0.322 e. The van der Waals surface area contributed by atoms with Gasteiger partial charge in [0.25, 0.3) is 0 Å². The number of sulfone groups is 1. The van der Waals surface area contributed by atoms with Crippen LogP contribution in [0.2, 0.25) is 0 Å². The first-order valence-electron chi connectivity index (χ1n) is 5.98. The molecule has 1 rings (SSSR count). The number of likely N-dealkylation sites (tertiary alicyclic amines) is 1. The Morgan fingerprint density at radius 3 is 2.11 bits per heavy atom. The third-order valence-corrected chi connectivity index (χ3v) is 5.19. The number of carboxylic acid groups (broad SMARTS) is 1. The molecule has 1 heterocycles. The van der Waals surface area contributed by atoms with Crippen LogP contribution in [0.3, 0.4) is 0 Å². The van der Waals surface area contributed by atoms with Crippen molar-refractivity contribution in [1.29, 1.82) is 0 Å². The summed E-state index contributed by atoms with van der Waals surface area (Å²) in [5.41, 5.74) is 0. The van der Waals surface area contributed by atoms with Gasteiger partial charge in [-0.3, -0.25) is 9.59 Å². The molecular formula is C11H19NO5S. The first-order chi connectivity index (χ1) is 8.25. The van der Waals surface area contributed by atoms with E-state index in [1.54, 1.807) is 0 Å². The number of carboxylic acids is 1. The van der Waals surface area contributed by atoms with Crippen molar-refractivity contribution >= 4 is 21.7 Å². The molecule has 0 aliphatic carbocycles. The molecule has 6 nitrogen and oxygen atoms in total. The highest BCUT2D eigenvalue weighted by molar-refractivity contribution is 7.93. The van der Waals surface area contributed by atoms with E-state index in [1.165, 1.54) is 18.7 Å². The van der Waals surface area contributed by atoms with Crippen molar-refractivity contribution < 1.29 is 23.1 Å². The maximum absolute atomic E-state index is 12.0. The van der Waals surface area contributed by atoms with Crippen LogP contribution >= 0.6 is 0 Å². The van der Waals surface area contributed by atoms with Gasteiger partial charge in [0.1, 0.15) is 5.75 Å². The van der Waals surface area contributed by atoms with Crippen LogP contribution in [0.15, 0.2) is 0 Å². The van der Waals surface area contributed by atoms with Crippen LogP contribution in [-0.4, -0.2) is 54.4 Å². The third-order valence-electron chi connectivity index (χ3n) is 3.02. The van der Waals surface area contributed by atoms with E-state index in [0.717, 1.165) is 12.8 Å². The van der Waals surface area contributed by atoms with Gasteiger partial charge in [0.05, 0.1) is 0 Å². The number of amides is 1. The normalized spacial score (nSPS) is 18.1. The van der Waals surface area contributed by atoms with E-state index in [4.69, 9.17) is 5.11 Å². The van der Waals surface area contributed by atoms with Crippen molar-refractivity contribution in [2.24, 2.45) is 5.92 Å². The number of carbonyl (C=O) groups is 2. The zero-order chi connectivity index (χ0) is 13.9. The first kappa shape index (κ1) is 14.9. The summed E-state index contributed by atoms with van der Waals surface area (Å²) in [7, 11) is -3.95. The van der Waals surface area contributed by atoms with Gasteiger partial charge in [-0.15, -0.1) is 0 Å². The van der Waals surface area contributed by atoms with Crippen LogP contribution < -0.4 is 0 Å². The van der Waals surface area contributed by atoms with Crippen molar-refractivity contribution in [2.45, 2.75) is 31.9 Å². The summed E-state index contributed by atoms with van der Waals surface area (Å²) in [6, 6.07) is 0. The molecule has 0 aromatic heterocycles. The number of hydrogen-bond donors (Lipinski definition) is 1. The molecule has 7 heteroatoms. The predicted octanol–water partition coefficient (Wildman–Crippen LogP) is 0.133. The molecule has 1 aliphatic rings. The summed E-state index contributed by atoms with van der Waals surface area (Å²) >= 11 is 0. The Bertz CT molecular complexity index is 423. The molecule has 1 atom stereocenters. The van der Waals surface area contributed by atoms with Gasteiger partial charge < -0.3 is 10.0 Å². The van der Waals surface area contributed by atoms with Crippen LogP contribution in [-0.2, 0) is 19.4 Å². The minimum atomic E-state index is -3.95. The number of rotatable bonds is 5. The van der Waals surface area contributed by atoms with Crippen molar-refractivity contribution in [3.8, 4) is 0 Å². The molecule has 0 radical (unpaired) electrons. The summed E-state index contributed by atoms with van der Waals surface area (Å²) in [5, 5.41) is 7.44. The van der Waals surface area contributed by atoms with Crippen LogP contribution in [0.5, 0.6) is 0 Å². The zero-order valence-electron chi connectivity index (χ0n) is 10.6. The third kappa shape index (κ3) is 3.44. The van der Waals surface area contributed by atoms with Gasteiger partial charge in [-0.05, 0) is 18.8 Å². The summed E-state index contributed by atoms with van der Waals surface area (Å²) in [6.07, 6.45) is 1.75. The van der Waals surface area contributed by atoms with Crippen molar-refractivity contribution in [2.75, 3.05) is 18.8 Å². The van der Waals surface area contributed by atoms with E-state index in [-0.39, 0.29) is 0 Å². The molecule has 1 amide bonds. The first-order valence-corrected chi connectivity index (χ1v) is 7.69. The van der Waals surface area contributed by atoms with Crippen LogP contribution in [0.1, 0.15) is 26.7 Å². The van der Waals surface area contributed by atoms with E-state index < -0.39 is 38.6 Å². The van der Waals surface area contributed by atoms with E-state index >= 15 is 0 Å². The van der Waals surface area contributed by atoms with Crippen LogP contribution in [0.25, 0.3) is 0 Å². The quantitative estimate of drug-likeness (QED) is 0.771. The fraction of sp³-hybridized carbons (Fsp3) is 0.818. The van der Waals surface area contributed by atoms with Gasteiger partial charge in [0, 0.05) is 13.1 Å². The highest BCUT2D eigenvalue weighted by Gasteiger charge is 2.37. The molecule has 104 valence electrons. The Hall–Kier alpha value is -1.11. The Morgan fingerprint density at radius 1 is 1.22 bits per heavy atom. The highest BCUT2D eigenvalue weighted by atomic mass is 32.2. The Kier molecular flexibility index (Phi) is 4.72. The second kappa shape index (κ2) is 5.69. The Labute approximate surface area is 107 Å². The van der Waals surface area contributed by atoms with E-state index in [2.05, 4.69) is 0 Å². The van der Waals surface area contributed by atoms with Gasteiger partial charge >= 0.3 is 5.97 Å². The molecule has 1 fully saturated rings. The second-order valence-electron chi connectivity index (χ2n) is 4.90. The number of aliphatic carboxylic acids is 1. The van der Waals surface area contributed by atoms with Gasteiger partial charge in [-0.2, -0.15) is 0 Å². The molecule has 1 unspecified atom stereocenters. The minimum absolute atomic E-state index is 0.487. The molecular weight excluding hydrogens is 258 g/mol. The molecule has 1 saturated heterocycles. The molecule has 1 N–H and O–H groups in total. The smallest absolute Gasteiger partial charge is 0.322 e. The lowest BCUT2D eigenvalue weighted by Gasteiger charge is -2.19. The lowest BCUT2D eigenvalue weighted by Crippen LogP contribution is -2.42. The van der Waals surface area contributed by atoms with Gasteiger partial charge in [0.2, 0.25) is 5.91 Å². The minimum Gasteiger partial charge on any atom is -0.480 e. The monoisotopic (exact) mass is 277 g/mol. The van der Waals surface area contributed by atoms with Crippen molar-refractivity contribution in [1.82, 2.24) is 4.90 Å². The van der Waals surface area contributed by atoms with E-state index in [0.29, 0.717) is 13.1 Å². The second-order valence-corrected chi connectivity index (χ2v) is 7.02. The highest BCUT2D eigenvalue weighted by Crippen LogP contribution is 2.16. The molecule has 0 aromatic carbocycles. The molecule has 0 spiro atoms. The summed E-state index contributed by atoms with van der Waals surface area (Å²) in [6.45, 7) is 4.18. The Balaban J connectivity index is 2.79. The number of carbonyl (C=O) groups excluding carboxylic acids is 1. The lowest BCUT2D eigenvalue weighted by atomic mass is 10.1. The lowest BCUT2D eigenvalue weighted by molar-refractivity contribution is -0.137. The standard InChI is InChI=1S/C11H19NO5S/c1-8(2)10(11(14)15)18(16,17)7-9(13)12-5-3-4-6-12/h8,10H,3-7H2,1-2H3,(H,14,15). The molecule has 0 bridgehead atoms. The molecule has 18 heavy (non-hydrogen) atoms. The molecule has 0 saturated carbocycles. The average Bonchev–Trinajstić information content (AvgIpc) is 2.66. The Morgan fingerprint density at radius 2 is 1.72 bits per heavy atom. The van der Waals surface area contributed by atoms with Crippen molar-refractivity contribution in [3.05, 3.63) is 0 Å². The number of nitrogens with zero attached hydrogens (tertiary/aromatic N) is 1. The van der Waals surface area contributed by atoms with Gasteiger partial charge in [0.15, 0.2) is 15.1 Å². The SMILES string of the molecule is CC(C)C(C(=O)O)S(=O)(=O)CC(=O)N1CCCC1. The molecule has 0 aromatic rings. The van der Waals surface area contributed by atoms with Crippen LogP contribution in [0, 0.1) is 5.92 Å². The predicted molar refractivity (Wildman–Crippen MR) is 65.9 cm³/mol. The largest absolute Gasteiger partial charge is 0.480 e. The average molecular weight is 277 g/mol. The maximum atomic E-state index is 12.0. The van der Waals surface area contributed by atoms with Crippen LogP contribution in [0.4, 0.5) is 0 Å². The summed E-state index contributed by atoms with van der Waals surface area (Å²) in [5.74, 6) is -3.14. The fourth-order valence-electron chi connectivity index (χ4n) is 2.17.